The van der Waals surface area contributed by atoms with Crippen molar-refractivity contribution in [3.8, 4) is 5.75 Å². The number of ether oxygens (including phenoxy) is 2. The molecule has 1 aromatic rings. The van der Waals surface area contributed by atoms with Crippen LogP contribution in [0.2, 0.25) is 0 Å². The molecule has 1 aliphatic carbocycles. The highest BCUT2D eigenvalue weighted by Gasteiger charge is 2.48. The molecule has 1 aliphatic rings. The molecular weight excluding hydrogens is 254 g/mol. The van der Waals surface area contributed by atoms with Gasteiger partial charge in [0, 0.05) is 5.69 Å². The summed E-state index contributed by atoms with van der Waals surface area (Å²) in [7, 11) is 1.64. The fourth-order valence-electron chi connectivity index (χ4n) is 2.91. The van der Waals surface area contributed by atoms with E-state index in [1.54, 1.807) is 7.11 Å². The minimum Gasteiger partial charge on any atom is -0.497 e. The average molecular weight is 277 g/mol. The van der Waals surface area contributed by atoms with Crippen LogP contribution in [0.25, 0.3) is 0 Å². The number of anilines is 1. The van der Waals surface area contributed by atoms with Gasteiger partial charge in [-0.25, -0.2) is 4.79 Å². The van der Waals surface area contributed by atoms with Gasteiger partial charge in [0.1, 0.15) is 11.3 Å². The van der Waals surface area contributed by atoms with Crippen LogP contribution in [0.4, 0.5) is 5.69 Å². The predicted octanol–water partition coefficient (Wildman–Crippen LogP) is 3.23. The quantitative estimate of drug-likeness (QED) is 0.839. The summed E-state index contributed by atoms with van der Waals surface area (Å²) >= 11 is 0. The van der Waals surface area contributed by atoms with E-state index >= 15 is 0 Å². The first kappa shape index (κ1) is 14.7. The third kappa shape index (κ3) is 2.74. The van der Waals surface area contributed by atoms with E-state index in [1.165, 1.54) is 0 Å². The van der Waals surface area contributed by atoms with Crippen molar-refractivity contribution in [1.29, 1.82) is 0 Å². The summed E-state index contributed by atoms with van der Waals surface area (Å²) in [6, 6.07) is 7.65. The third-order valence-corrected chi connectivity index (χ3v) is 4.15. The van der Waals surface area contributed by atoms with Crippen molar-refractivity contribution < 1.29 is 14.3 Å². The molecule has 2 atom stereocenters. The van der Waals surface area contributed by atoms with Gasteiger partial charge in [0.15, 0.2) is 0 Å². The van der Waals surface area contributed by atoms with Gasteiger partial charge in [0.05, 0.1) is 13.7 Å². The van der Waals surface area contributed by atoms with Gasteiger partial charge in [-0.05, 0) is 49.9 Å². The Labute approximate surface area is 120 Å². The van der Waals surface area contributed by atoms with Crippen molar-refractivity contribution in [2.75, 3.05) is 19.0 Å². The predicted molar refractivity (Wildman–Crippen MR) is 79.0 cm³/mol. The van der Waals surface area contributed by atoms with Crippen LogP contribution < -0.4 is 10.1 Å². The summed E-state index contributed by atoms with van der Waals surface area (Å²) in [4.78, 5) is 12.4. The van der Waals surface area contributed by atoms with E-state index in [4.69, 9.17) is 9.47 Å². The molecule has 4 nitrogen and oxygen atoms in total. The van der Waals surface area contributed by atoms with Crippen molar-refractivity contribution in [3.63, 3.8) is 0 Å². The summed E-state index contributed by atoms with van der Waals surface area (Å²) in [5.41, 5.74) is 0.331. The molecule has 0 radical (unpaired) electrons. The standard InChI is InChI=1S/C16H23NO3/c1-4-20-15(18)16(11-5-6-12(16)2)17-13-7-9-14(19-3)10-8-13/h7-10,12,17H,4-6,11H2,1-3H3. The number of carbonyl (C=O) groups excluding carboxylic acids is 1. The highest BCUT2D eigenvalue weighted by atomic mass is 16.5. The summed E-state index contributed by atoms with van der Waals surface area (Å²) in [6.07, 6.45) is 2.91. The first-order valence-corrected chi connectivity index (χ1v) is 7.22. The molecule has 1 fully saturated rings. The van der Waals surface area contributed by atoms with E-state index in [0.29, 0.717) is 6.61 Å². The number of carbonyl (C=O) groups is 1. The Bertz CT molecular complexity index is 457. The molecule has 0 aliphatic heterocycles. The van der Waals surface area contributed by atoms with Crippen molar-refractivity contribution in [2.24, 2.45) is 5.92 Å². The average Bonchev–Trinajstić information content (AvgIpc) is 2.82. The molecule has 0 saturated heterocycles. The zero-order valence-corrected chi connectivity index (χ0v) is 12.4. The number of esters is 1. The van der Waals surface area contributed by atoms with Gasteiger partial charge in [-0.2, -0.15) is 0 Å². The molecule has 1 aromatic carbocycles. The van der Waals surface area contributed by atoms with Crippen LogP contribution >= 0.6 is 0 Å². The molecule has 4 heteroatoms. The second-order valence-electron chi connectivity index (χ2n) is 5.34. The Morgan fingerprint density at radius 1 is 1.40 bits per heavy atom. The summed E-state index contributed by atoms with van der Waals surface area (Å²) in [5, 5.41) is 3.41. The second-order valence-corrected chi connectivity index (χ2v) is 5.34. The van der Waals surface area contributed by atoms with Crippen molar-refractivity contribution in [3.05, 3.63) is 24.3 Å². The van der Waals surface area contributed by atoms with Crippen LogP contribution in [0.1, 0.15) is 33.1 Å². The number of benzene rings is 1. The Morgan fingerprint density at radius 3 is 2.60 bits per heavy atom. The van der Waals surface area contributed by atoms with Gasteiger partial charge in [0.2, 0.25) is 0 Å². The monoisotopic (exact) mass is 277 g/mol. The van der Waals surface area contributed by atoms with E-state index in [0.717, 1.165) is 30.7 Å². The molecule has 0 aromatic heterocycles. The fourth-order valence-corrected chi connectivity index (χ4v) is 2.91. The van der Waals surface area contributed by atoms with Gasteiger partial charge in [-0.3, -0.25) is 0 Å². The molecule has 0 amide bonds. The van der Waals surface area contributed by atoms with Gasteiger partial charge < -0.3 is 14.8 Å². The van der Waals surface area contributed by atoms with Crippen LogP contribution in [0, 0.1) is 5.92 Å². The zero-order valence-electron chi connectivity index (χ0n) is 12.4. The summed E-state index contributed by atoms with van der Waals surface area (Å²) in [5.74, 6) is 0.935. The van der Waals surface area contributed by atoms with Crippen LogP contribution in [-0.2, 0) is 9.53 Å². The maximum atomic E-state index is 12.4. The van der Waals surface area contributed by atoms with Crippen molar-refractivity contribution >= 4 is 11.7 Å². The van der Waals surface area contributed by atoms with E-state index in [-0.39, 0.29) is 11.9 Å². The Balaban J connectivity index is 2.21. The molecule has 2 unspecified atom stereocenters. The minimum absolute atomic E-state index is 0.138. The van der Waals surface area contributed by atoms with Crippen LogP contribution in [0.5, 0.6) is 5.75 Å². The largest absolute Gasteiger partial charge is 0.497 e. The molecule has 0 bridgehead atoms. The van der Waals surface area contributed by atoms with E-state index < -0.39 is 5.54 Å². The molecule has 1 N–H and O–H groups in total. The molecule has 1 saturated carbocycles. The van der Waals surface area contributed by atoms with Crippen LogP contribution in [0.15, 0.2) is 24.3 Å². The first-order chi connectivity index (χ1) is 9.62. The molecule has 20 heavy (non-hydrogen) atoms. The number of hydrogen-bond donors (Lipinski definition) is 1. The van der Waals surface area contributed by atoms with Crippen LogP contribution in [0.3, 0.4) is 0 Å². The number of nitrogens with one attached hydrogen (secondary N) is 1. The first-order valence-electron chi connectivity index (χ1n) is 7.22. The number of hydrogen-bond acceptors (Lipinski definition) is 4. The Hall–Kier alpha value is -1.71. The maximum absolute atomic E-state index is 12.4. The highest BCUT2D eigenvalue weighted by Crippen LogP contribution is 2.39. The lowest BCUT2D eigenvalue weighted by molar-refractivity contribution is -0.149. The smallest absolute Gasteiger partial charge is 0.332 e. The minimum atomic E-state index is -0.593. The topological polar surface area (TPSA) is 47.6 Å². The molecular formula is C16H23NO3. The lowest BCUT2D eigenvalue weighted by Gasteiger charge is -2.33. The number of methoxy groups -OCH3 is 1. The van der Waals surface area contributed by atoms with Gasteiger partial charge in [-0.1, -0.05) is 13.3 Å². The molecule has 0 heterocycles. The third-order valence-electron chi connectivity index (χ3n) is 4.15. The summed E-state index contributed by atoms with van der Waals surface area (Å²) < 4.78 is 10.4. The second kappa shape index (κ2) is 6.16. The molecule has 110 valence electrons. The number of rotatable bonds is 5. The fraction of sp³-hybridized carbons (Fsp3) is 0.562. The normalized spacial score (nSPS) is 25.2. The molecule has 2 rings (SSSR count). The highest BCUT2D eigenvalue weighted by molar-refractivity contribution is 5.85. The lowest BCUT2D eigenvalue weighted by Crippen LogP contribution is -2.49. The van der Waals surface area contributed by atoms with E-state index in [1.807, 2.05) is 31.2 Å². The van der Waals surface area contributed by atoms with Gasteiger partial charge in [0.25, 0.3) is 0 Å². The summed E-state index contributed by atoms with van der Waals surface area (Å²) in [6.45, 7) is 4.37. The van der Waals surface area contributed by atoms with E-state index in [2.05, 4.69) is 12.2 Å². The van der Waals surface area contributed by atoms with Gasteiger partial charge in [-0.15, -0.1) is 0 Å². The van der Waals surface area contributed by atoms with E-state index in [9.17, 15) is 4.79 Å². The molecule has 0 spiro atoms. The van der Waals surface area contributed by atoms with Crippen molar-refractivity contribution in [1.82, 2.24) is 0 Å². The lowest BCUT2D eigenvalue weighted by atomic mass is 9.88. The zero-order chi connectivity index (χ0) is 14.6. The van der Waals surface area contributed by atoms with Crippen molar-refractivity contribution in [2.45, 2.75) is 38.6 Å². The SMILES string of the molecule is CCOC(=O)C1(Nc2ccc(OC)cc2)CCCC1C. The Morgan fingerprint density at radius 2 is 2.10 bits per heavy atom. The Kier molecular flexibility index (Phi) is 4.53. The maximum Gasteiger partial charge on any atom is 0.332 e. The van der Waals surface area contributed by atoms with Gasteiger partial charge >= 0.3 is 5.97 Å². The van der Waals surface area contributed by atoms with Crippen LogP contribution in [-0.4, -0.2) is 25.2 Å².